The third-order valence-corrected chi connectivity index (χ3v) is 3.08. The number of benzene rings is 1. The standard InChI is InChI=1S/C15H20O3/c1-5-6-10(2)14(16)13-8-7-12(9-11(13)3)15(17)18-4/h7-10H,5-6H2,1-4H3. The van der Waals surface area contributed by atoms with E-state index in [1.807, 2.05) is 13.8 Å². The van der Waals surface area contributed by atoms with Gasteiger partial charge in [0.2, 0.25) is 0 Å². The van der Waals surface area contributed by atoms with Crippen LogP contribution < -0.4 is 0 Å². The van der Waals surface area contributed by atoms with Crippen LogP contribution in [0, 0.1) is 12.8 Å². The van der Waals surface area contributed by atoms with Crippen molar-refractivity contribution >= 4 is 11.8 Å². The first kappa shape index (κ1) is 14.4. The third-order valence-electron chi connectivity index (χ3n) is 3.08. The smallest absolute Gasteiger partial charge is 0.337 e. The molecule has 0 bridgehead atoms. The van der Waals surface area contributed by atoms with Gasteiger partial charge in [-0.1, -0.05) is 26.3 Å². The number of carbonyl (C=O) groups is 2. The van der Waals surface area contributed by atoms with E-state index in [9.17, 15) is 9.59 Å². The Kier molecular flexibility index (Phi) is 5.08. The number of methoxy groups -OCH3 is 1. The van der Waals surface area contributed by atoms with E-state index in [0.717, 1.165) is 18.4 Å². The van der Waals surface area contributed by atoms with Crippen LogP contribution in [0.5, 0.6) is 0 Å². The van der Waals surface area contributed by atoms with Crippen molar-refractivity contribution in [3.8, 4) is 0 Å². The van der Waals surface area contributed by atoms with E-state index in [-0.39, 0.29) is 17.7 Å². The van der Waals surface area contributed by atoms with Gasteiger partial charge in [0, 0.05) is 11.5 Å². The van der Waals surface area contributed by atoms with Gasteiger partial charge < -0.3 is 4.74 Å². The summed E-state index contributed by atoms with van der Waals surface area (Å²) in [5.41, 5.74) is 2.00. The number of Topliss-reactive ketones (excluding diaryl/α,β-unsaturated/α-hetero) is 1. The summed E-state index contributed by atoms with van der Waals surface area (Å²) >= 11 is 0. The van der Waals surface area contributed by atoms with Crippen molar-refractivity contribution in [2.75, 3.05) is 7.11 Å². The molecule has 1 aromatic rings. The number of ketones is 1. The molecule has 0 aromatic heterocycles. The lowest BCUT2D eigenvalue weighted by molar-refractivity contribution is 0.0600. The first-order chi connectivity index (χ1) is 8.51. The van der Waals surface area contributed by atoms with Crippen LogP contribution in [0.4, 0.5) is 0 Å². The Balaban J connectivity index is 2.98. The first-order valence-electron chi connectivity index (χ1n) is 6.24. The Morgan fingerprint density at radius 3 is 2.50 bits per heavy atom. The van der Waals surface area contributed by atoms with Gasteiger partial charge in [-0.2, -0.15) is 0 Å². The van der Waals surface area contributed by atoms with Crippen LogP contribution in [0.15, 0.2) is 18.2 Å². The molecular weight excluding hydrogens is 228 g/mol. The van der Waals surface area contributed by atoms with Crippen molar-refractivity contribution in [1.29, 1.82) is 0 Å². The normalized spacial score (nSPS) is 12.0. The van der Waals surface area contributed by atoms with Crippen LogP contribution in [-0.2, 0) is 4.74 Å². The molecule has 98 valence electrons. The summed E-state index contributed by atoms with van der Waals surface area (Å²) in [6.07, 6.45) is 1.88. The fraction of sp³-hybridized carbons (Fsp3) is 0.467. The summed E-state index contributed by atoms with van der Waals surface area (Å²) < 4.78 is 4.65. The summed E-state index contributed by atoms with van der Waals surface area (Å²) in [7, 11) is 1.35. The zero-order valence-electron chi connectivity index (χ0n) is 11.4. The van der Waals surface area contributed by atoms with Crippen molar-refractivity contribution in [3.63, 3.8) is 0 Å². The maximum Gasteiger partial charge on any atom is 0.337 e. The molecule has 0 aliphatic heterocycles. The van der Waals surface area contributed by atoms with E-state index in [2.05, 4.69) is 11.7 Å². The molecule has 1 unspecified atom stereocenters. The minimum absolute atomic E-state index is 0.0256. The lowest BCUT2D eigenvalue weighted by Gasteiger charge is -2.12. The summed E-state index contributed by atoms with van der Waals surface area (Å²) in [4.78, 5) is 23.6. The predicted octanol–water partition coefficient (Wildman–Crippen LogP) is 3.40. The van der Waals surface area contributed by atoms with E-state index < -0.39 is 0 Å². The second kappa shape index (κ2) is 6.34. The van der Waals surface area contributed by atoms with Crippen LogP contribution in [0.2, 0.25) is 0 Å². The van der Waals surface area contributed by atoms with Gasteiger partial charge in [0.15, 0.2) is 5.78 Å². The summed E-state index contributed by atoms with van der Waals surface area (Å²) in [5.74, 6) is -0.206. The molecule has 0 saturated carbocycles. The largest absolute Gasteiger partial charge is 0.465 e. The lowest BCUT2D eigenvalue weighted by atomic mass is 9.92. The van der Waals surface area contributed by atoms with E-state index in [4.69, 9.17) is 0 Å². The molecule has 0 heterocycles. The molecule has 1 rings (SSSR count). The van der Waals surface area contributed by atoms with Crippen molar-refractivity contribution in [2.24, 2.45) is 5.92 Å². The Bertz CT molecular complexity index is 449. The summed E-state index contributed by atoms with van der Waals surface area (Å²) in [6, 6.07) is 5.07. The van der Waals surface area contributed by atoms with Gasteiger partial charge in [-0.05, 0) is 31.0 Å². The number of carbonyl (C=O) groups excluding carboxylic acids is 2. The number of ether oxygens (including phenoxy) is 1. The van der Waals surface area contributed by atoms with E-state index in [1.165, 1.54) is 7.11 Å². The van der Waals surface area contributed by atoms with E-state index in [0.29, 0.717) is 11.1 Å². The first-order valence-corrected chi connectivity index (χ1v) is 6.24. The number of rotatable bonds is 5. The van der Waals surface area contributed by atoms with Gasteiger partial charge >= 0.3 is 5.97 Å². The highest BCUT2D eigenvalue weighted by Crippen LogP contribution is 2.18. The van der Waals surface area contributed by atoms with Crippen molar-refractivity contribution in [1.82, 2.24) is 0 Å². The zero-order valence-corrected chi connectivity index (χ0v) is 11.4. The number of esters is 1. The SMILES string of the molecule is CCCC(C)C(=O)c1ccc(C(=O)OC)cc1C. The molecule has 0 fully saturated rings. The van der Waals surface area contributed by atoms with E-state index >= 15 is 0 Å². The van der Waals surface area contributed by atoms with Crippen LogP contribution in [0.25, 0.3) is 0 Å². The minimum atomic E-state index is -0.376. The molecule has 0 N–H and O–H groups in total. The van der Waals surface area contributed by atoms with Gasteiger partial charge in [-0.25, -0.2) is 4.79 Å². The van der Waals surface area contributed by atoms with Gasteiger partial charge in [0.1, 0.15) is 0 Å². The minimum Gasteiger partial charge on any atom is -0.465 e. The Morgan fingerprint density at radius 1 is 1.33 bits per heavy atom. The number of hydrogen-bond donors (Lipinski definition) is 0. The van der Waals surface area contributed by atoms with Gasteiger partial charge in [0.05, 0.1) is 12.7 Å². The van der Waals surface area contributed by atoms with E-state index in [1.54, 1.807) is 18.2 Å². The molecular formula is C15H20O3. The second-order valence-electron chi connectivity index (χ2n) is 4.58. The lowest BCUT2D eigenvalue weighted by Crippen LogP contribution is -2.13. The van der Waals surface area contributed by atoms with Crippen LogP contribution in [0.3, 0.4) is 0 Å². The Hall–Kier alpha value is -1.64. The third kappa shape index (κ3) is 3.19. The highest BCUT2D eigenvalue weighted by atomic mass is 16.5. The van der Waals surface area contributed by atoms with Crippen molar-refractivity contribution < 1.29 is 14.3 Å². The fourth-order valence-corrected chi connectivity index (χ4v) is 2.01. The molecule has 3 nitrogen and oxygen atoms in total. The molecule has 1 atom stereocenters. The number of aryl methyl sites for hydroxylation is 1. The maximum atomic E-state index is 12.2. The molecule has 0 spiro atoms. The van der Waals surface area contributed by atoms with Crippen molar-refractivity contribution in [2.45, 2.75) is 33.6 Å². The highest BCUT2D eigenvalue weighted by Gasteiger charge is 2.17. The molecule has 1 aromatic carbocycles. The summed E-state index contributed by atoms with van der Waals surface area (Å²) in [6.45, 7) is 5.86. The molecule has 18 heavy (non-hydrogen) atoms. The van der Waals surface area contributed by atoms with Gasteiger partial charge in [-0.3, -0.25) is 4.79 Å². The zero-order chi connectivity index (χ0) is 13.7. The topological polar surface area (TPSA) is 43.4 Å². The molecule has 0 aliphatic carbocycles. The highest BCUT2D eigenvalue weighted by molar-refractivity contribution is 6.00. The van der Waals surface area contributed by atoms with Gasteiger partial charge in [-0.15, -0.1) is 0 Å². The molecule has 3 heteroatoms. The average Bonchev–Trinajstić information content (AvgIpc) is 2.37. The van der Waals surface area contributed by atoms with Crippen molar-refractivity contribution in [3.05, 3.63) is 34.9 Å². The molecule has 0 saturated heterocycles. The molecule has 0 amide bonds. The molecule has 0 aliphatic rings. The Labute approximate surface area is 108 Å². The fourth-order valence-electron chi connectivity index (χ4n) is 2.01. The monoisotopic (exact) mass is 248 g/mol. The predicted molar refractivity (Wildman–Crippen MR) is 70.9 cm³/mol. The Morgan fingerprint density at radius 2 is 2.00 bits per heavy atom. The van der Waals surface area contributed by atoms with Gasteiger partial charge in [0.25, 0.3) is 0 Å². The summed E-state index contributed by atoms with van der Waals surface area (Å²) in [5, 5.41) is 0. The molecule has 0 radical (unpaired) electrons. The average molecular weight is 248 g/mol. The van der Waals surface area contributed by atoms with Crippen LogP contribution >= 0.6 is 0 Å². The quantitative estimate of drug-likeness (QED) is 0.592. The second-order valence-corrected chi connectivity index (χ2v) is 4.58. The number of hydrogen-bond acceptors (Lipinski definition) is 3. The van der Waals surface area contributed by atoms with Crippen LogP contribution in [-0.4, -0.2) is 18.9 Å². The maximum absolute atomic E-state index is 12.2. The van der Waals surface area contributed by atoms with Crippen LogP contribution in [0.1, 0.15) is 53.0 Å².